The van der Waals surface area contributed by atoms with Gasteiger partial charge < -0.3 is 20.8 Å². The Kier molecular flexibility index (Phi) is 4.04. The maximum absolute atomic E-state index is 11.8. The van der Waals surface area contributed by atoms with Crippen molar-refractivity contribution in [2.24, 2.45) is 0 Å². The third kappa shape index (κ3) is 3.46. The van der Waals surface area contributed by atoms with Gasteiger partial charge >= 0.3 is 12.0 Å². The number of benzene rings is 1. The maximum Gasteiger partial charge on any atom is 0.337 e. The molecular weight excluding hydrogens is 274 g/mol. The summed E-state index contributed by atoms with van der Waals surface area (Å²) in [5, 5.41) is 24.0. The number of carboxylic acids is 1. The number of amides is 2. The Bertz CT molecular complexity index is 679. The Labute approximate surface area is 120 Å². The van der Waals surface area contributed by atoms with Crippen LogP contribution >= 0.6 is 0 Å². The molecule has 1 aromatic carbocycles. The zero-order chi connectivity index (χ0) is 15.5. The third-order valence-corrected chi connectivity index (χ3v) is 2.93. The lowest BCUT2D eigenvalue weighted by Crippen LogP contribution is -2.47. The van der Waals surface area contributed by atoms with Gasteiger partial charge in [-0.05, 0) is 19.1 Å². The highest BCUT2D eigenvalue weighted by atomic mass is 16.4. The van der Waals surface area contributed by atoms with Crippen LogP contribution in [0, 0.1) is 0 Å². The minimum absolute atomic E-state index is 0.410. The molecule has 1 unspecified atom stereocenters. The molecule has 0 radical (unpaired) electrons. The van der Waals surface area contributed by atoms with Crippen molar-refractivity contribution >= 4 is 28.6 Å². The van der Waals surface area contributed by atoms with Crippen molar-refractivity contribution in [3.8, 4) is 0 Å². The number of aliphatic carboxylic acids is 1. The van der Waals surface area contributed by atoms with Crippen LogP contribution in [0.2, 0.25) is 0 Å². The number of pyridine rings is 1. The van der Waals surface area contributed by atoms with Crippen LogP contribution in [-0.2, 0) is 4.79 Å². The summed E-state index contributed by atoms with van der Waals surface area (Å²) >= 11 is 0. The Hall–Kier alpha value is -2.67. The normalized spacial score (nSPS) is 13.4. The molecule has 21 heavy (non-hydrogen) atoms. The number of aromatic nitrogens is 1. The summed E-state index contributed by atoms with van der Waals surface area (Å²) in [6.45, 7) is 0.696. The van der Waals surface area contributed by atoms with E-state index in [0.29, 0.717) is 11.2 Å². The first-order chi connectivity index (χ1) is 9.90. The van der Waals surface area contributed by atoms with Crippen LogP contribution in [0.5, 0.6) is 0 Å². The summed E-state index contributed by atoms with van der Waals surface area (Å²) in [4.78, 5) is 26.7. The number of rotatable bonds is 4. The first-order valence-corrected chi connectivity index (χ1v) is 6.24. The number of carboxylic acid groups (broad SMARTS) is 1. The van der Waals surface area contributed by atoms with Gasteiger partial charge in [-0.1, -0.05) is 18.2 Å². The van der Waals surface area contributed by atoms with E-state index in [1.807, 2.05) is 12.1 Å². The SMILES string of the molecule is CC(O)(CNC(=O)Nc1cccc2cccnc12)C(=O)O. The number of nitrogens with one attached hydrogen (secondary N) is 2. The van der Waals surface area contributed by atoms with Crippen molar-refractivity contribution in [1.29, 1.82) is 0 Å². The summed E-state index contributed by atoms with van der Waals surface area (Å²) in [5.41, 5.74) is -0.894. The van der Waals surface area contributed by atoms with Crippen molar-refractivity contribution in [3.63, 3.8) is 0 Å². The molecule has 1 atom stereocenters. The molecule has 0 bridgehead atoms. The number of hydrogen-bond donors (Lipinski definition) is 4. The lowest BCUT2D eigenvalue weighted by Gasteiger charge is -2.18. The molecule has 0 aliphatic rings. The first-order valence-electron chi connectivity index (χ1n) is 6.24. The van der Waals surface area contributed by atoms with Gasteiger partial charge in [0.15, 0.2) is 5.60 Å². The van der Waals surface area contributed by atoms with Gasteiger partial charge in [0, 0.05) is 11.6 Å². The van der Waals surface area contributed by atoms with Gasteiger partial charge in [0.1, 0.15) is 0 Å². The number of carbonyl (C=O) groups is 2. The Balaban J connectivity index is 2.07. The fourth-order valence-electron chi connectivity index (χ4n) is 1.70. The molecule has 0 saturated heterocycles. The highest BCUT2D eigenvalue weighted by Crippen LogP contribution is 2.20. The minimum Gasteiger partial charge on any atom is -0.479 e. The van der Waals surface area contributed by atoms with E-state index in [0.717, 1.165) is 12.3 Å². The number of urea groups is 1. The van der Waals surface area contributed by atoms with Crippen LogP contribution in [0.25, 0.3) is 10.9 Å². The van der Waals surface area contributed by atoms with Crippen molar-refractivity contribution < 1.29 is 19.8 Å². The highest BCUT2D eigenvalue weighted by molar-refractivity contribution is 5.99. The first kappa shape index (κ1) is 14.7. The van der Waals surface area contributed by atoms with Crippen LogP contribution < -0.4 is 10.6 Å². The van der Waals surface area contributed by atoms with E-state index in [-0.39, 0.29) is 0 Å². The second kappa shape index (κ2) is 5.76. The molecular formula is C14H15N3O4. The Morgan fingerprint density at radius 3 is 2.71 bits per heavy atom. The van der Waals surface area contributed by atoms with Gasteiger partial charge in [-0.25, -0.2) is 9.59 Å². The summed E-state index contributed by atoms with van der Waals surface area (Å²) in [6, 6.07) is 8.35. The van der Waals surface area contributed by atoms with E-state index in [4.69, 9.17) is 5.11 Å². The van der Waals surface area contributed by atoms with Gasteiger partial charge in [0.05, 0.1) is 17.7 Å². The van der Waals surface area contributed by atoms with Crippen LogP contribution in [0.4, 0.5) is 10.5 Å². The molecule has 2 rings (SSSR count). The monoisotopic (exact) mass is 289 g/mol. The van der Waals surface area contributed by atoms with Gasteiger partial charge in [0.25, 0.3) is 0 Å². The number of fused-ring (bicyclic) bond motifs is 1. The quantitative estimate of drug-likeness (QED) is 0.675. The van der Waals surface area contributed by atoms with Crippen molar-refractivity contribution in [2.45, 2.75) is 12.5 Å². The zero-order valence-electron chi connectivity index (χ0n) is 11.3. The topological polar surface area (TPSA) is 112 Å². The molecule has 0 spiro atoms. The molecule has 2 amide bonds. The smallest absolute Gasteiger partial charge is 0.337 e. The predicted octanol–water partition coefficient (Wildman–Crippen LogP) is 1.19. The van der Waals surface area contributed by atoms with E-state index in [1.54, 1.807) is 24.4 Å². The minimum atomic E-state index is -2.02. The number of hydrogen-bond acceptors (Lipinski definition) is 4. The number of carbonyl (C=O) groups excluding carboxylic acids is 1. The second-order valence-corrected chi connectivity index (χ2v) is 4.77. The molecule has 110 valence electrons. The maximum atomic E-state index is 11.8. The van der Waals surface area contributed by atoms with Crippen molar-refractivity contribution in [3.05, 3.63) is 36.5 Å². The van der Waals surface area contributed by atoms with Crippen LogP contribution in [0.3, 0.4) is 0 Å². The lowest BCUT2D eigenvalue weighted by atomic mass is 10.1. The molecule has 2 aromatic rings. The van der Waals surface area contributed by atoms with Gasteiger partial charge in [-0.15, -0.1) is 0 Å². The van der Waals surface area contributed by atoms with Crippen molar-refractivity contribution in [1.82, 2.24) is 10.3 Å². The fourth-order valence-corrected chi connectivity index (χ4v) is 1.70. The van der Waals surface area contributed by atoms with Gasteiger partial charge in [-0.2, -0.15) is 0 Å². The number of aliphatic hydroxyl groups is 1. The van der Waals surface area contributed by atoms with Crippen molar-refractivity contribution in [2.75, 3.05) is 11.9 Å². The average Bonchev–Trinajstić information content (AvgIpc) is 2.45. The lowest BCUT2D eigenvalue weighted by molar-refractivity contribution is -0.155. The van der Waals surface area contributed by atoms with Gasteiger partial charge in [-0.3, -0.25) is 4.98 Å². The summed E-state index contributed by atoms with van der Waals surface area (Å²) in [6.07, 6.45) is 1.61. The highest BCUT2D eigenvalue weighted by Gasteiger charge is 2.30. The largest absolute Gasteiger partial charge is 0.479 e. The number of nitrogens with zero attached hydrogens (tertiary/aromatic N) is 1. The van der Waals surface area contributed by atoms with Crippen LogP contribution in [0.1, 0.15) is 6.92 Å². The average molecular weight is 289 g/mol. The molecule has 0 aliphatic carbocycles. The molecule has 1 aromatic heterocycles. The van der Waals surface area contributed by atoms with E-state index >= 15 is 0 Å². The molecule has 0 saturated carbocycles. The molecule has 7 heteroatoms. The fraction of sp³-hybridized carbons (Fsp3) is 0.214. The molecule has 7 nitrogen and oxygen atoms in total. The molecule has 1 heterocycles. The third-order valence-electron chi connectivity index (χ3n) is 2.93. The van der Waals surface area contributed by atoms with E-state index in [2.05, 4.69) is 15.6 Å². The van der Waals surface area contributed by atoms with E-state index in [9.17, 15) is 14.7 Å². The summed E-state index contributed by atoms with van der Waals surface area (Å²) in [7, 11) is 0. The summed E-state index contributed by atoms with van der Waals surface area (Å²) in [5.74, 6) is -1.41. The molecule has 4 N–H and O–H groups in total. The van der Waals surface area contributed by atoms with Crippen LogP contribution in [0.15, 0.2) is 36.5 Å². The second-order valence-electron chi connectivity index (χ2n) is 4.77. The summed E-state index contributed by atoms with van der Waals surface area (Å²) < 4.78 is 0. The number of para-hydroxylation sites is 1. The Morgan fingerprint density at radius 1 is 1.29 bits per heavy atom. The number of anilines is 1. The van der Waals surface area contributed by atoms with Gasteiger partial charge in [0.2, 0.25) is 0 Å². The predicted molar refractivity (Wildman–Crippen MR) is 77.0 cm³/mol. The van der Waals surface area contributed by atoms with E-state index in [1.165, 1.54) is 0 Å². The van der Waals surface area contributed by atoms with E-state index < -0.39 is 24.1 Å². The molecule has 0 aliphatic heterocycles. The molecule has 0 fully saturated rings. The Morgan fingerprint density at radius 2 is 2.00 bits per heavy atom. The standard InChI is InChI=1S/C14H15N3O4/c1-14(21,12(18)19)8-16-13(20)17-10-6-2-4-9-5-3-7-15-11(9)10/h2-7,21H,8H2,1H3,(H,18,19)(H2,16,17,20). The zero-order valence-corrected chi connectivity index (χ0v) is 11.3. The van der Waals surface area contributed by atoms with Crippen LogP contribution in [-0.4, -0.2) is 39.3 Å².